The van der Waals surface area contributed by atoms with Crippen LogP contribution < -0.4 is 15.5 Å². The molecule has 3 N–H and O–H groups in total. The van der Waals surface area contributed by atoms with Crippen LogP contribution in [-0.4, -0.2) is 200 Å². The summed E-state index contributed by atoms with van der Waals surface area (Å²) in [7, 11) is -4.19. The molecule has 4 aliphatic rings. The van der Waals surface area contributed by atoms with Gasteiger partial charge in [0.25, 0.3) is 54.9 Å². The van der Waals surface area contributed by atoms with Gasteiger partial charge in [0.15, 0.2) is 0 Å². The van der Waals surface area contributed by atoms with Gasteiger partial charge in [-0.05, 0) is 12.8 Å². The molecule has 33 heteroatoms. The third-order valence-electron chi connectivity index (χ3n) is 11.9. The Balaban J connectivity index is 1.60. The summed E-state index contributed by atoms with van der Waals surface area (Å²) in [5.41, 5.74) is 0. The number of ketones is 1. The number of nitrogens with zero attached hydrogens (tertiary/aromatic N) is 7. The van der Waals surface area contributed by atoms with Crippen LogP contribution in [0.4, 0.5) is 0 Å². The molecular formula is C45H63Br2N10O20P. The van der Waals surface area contributed by atoms with E-state index < -0.39 is 143 Å². The van der Waals surface area contributed by atoms with Crippen LogP contribution in [0.3, 0.4) is 0 Å². The highest BCUT2D eigenvalue weighted by atomic mass is 79.9. The second-order valence-corrected chi connectivity index (χ2v) is 21.6. The molecule has 78 heavy (non-hydrogen) atoms. The number of hydrogen-bond donors (Lipinski definition) is 3. The number of carbonyl (C=O) groups excluding carboxylic acids is 15. The Labute approximate surface area is 464 Å². The van der Waals surface area contributed by atoms with Gasteiger partial charge in [0.1, 0.15) is 5.78 Å². The van der Waals surface area contributed by atoms with Crippen molar-refractivity contribution in [2.75, 3.05) is 76.2 Å². The van der Waals surface area contributed by atoms with Crippen molar-refractivity contribution in [1.29, 1.82) is 0 Å². The summed E-state index contributed by atoms with van der Waals surface area (Å²) in [5.74, 6) is -10.9. The molecule has 0 bridgehead atoms. The smallest absolute Gasteiger partial charge is 0.334 e. The number of carbonyl (C=O) groups is 15. The molecule has 4 saturated heterocycles. The zero-order valence-electron chi connectivity index (χ0n) is 42.7. The second-order valence-electron chi connectivity index (χ2n) is 17.6. The van der Waals surface area contributed by atoms with Crippen molar-refractivity contribution in [3.05, 3.63) is 0 Å². The highest BCUT2D eigenvalue weighted by Gasteiger charge is 2.37. The van der Waals surface area contributed by atoms with Crippen molar-refractivity contribution in [2.24, 2.45) is 0 Å². The quantitative estimate of drug-likeness (QED) is 0.0306. The Kier molecular flexibility index (Phi) is 27.2. The Morgan fingerprint density at radius 3 is 1.24 bits per heavy atom. The maximum atomic E-state index is 15.3. The third kappa shape index (κ3) is 21.0. The van der Waals surface area contributed by atoms with Crippen LogP contribution in [0, 0.1) is 0 Å². The first-order chi connectivity index (χ1) is 37.2. The van der Waals surface area contributed by atoms with Gasteiger partial charge in [-0.25, -0.2) is 29.2 Å². The molecule has 0 aliphatic carbocycles. The molecule has 1 unspecified atom stereocenters. The van der Waals surface area contributed by atoms with E-state index >= 15 is 4.57 Å². The number of imide groups is 4. The number of rotatable bonds is 37. The first-order valence-corrected chi connectivity index (χ1v) is 29.1. The van der Waals surface area contributed by atoms with Gasteiger partial charge in [-0.1, -0.05) is 31.9 Å². The summed E-state index contributed by atoms with van der Waals surface area (Å²) in [6, 6.07) is 0. The van der Waals surface area contributed by atoms with Crippen LogP contribution in [0.15, 0.2) is 0 Å². The molecule has 0 radical (unpaired) electrons. The van der Waals surface area contributed by atoms with E-state index in [1.807, 2.05) is 0 Å². The SMILES string of the molecule is O=C(CCBr)CCCNP(=O)(NCCNC(=O)CCBr)N(CCC(=O)N(CCCON1C(=O)CCC1=O)CCC(=O)ON1C(=O)CCC1=O)CCC(=O)N(CCC(=O)ON1C(=O)CCC1=O)CCC(=O)ON1C(=O)CCC1=O. The molecule has 4 aliphatic heterocycles. The molecule has 11 amide bonds. The Bertz CT molecular complexity index is 2220. The van der Waals surface area contributed by atoms with E-state index in [9.17, 15) is 71.9 Å². The standard InChI is InChI=1S/C45H63Br2N10O20P/c46-19-12-31(58)3-1-21-49-78(73,50-23-22-48-32(59)13-20-47)53(28-14-33(60)51(24-2-30-74-54-35(62)4-5-36(54)63)25-16-43(70)75-55-37(64)6-7-38(55)65)29-15-34(61)52(26-17-44(71)76-56-39(66)8-9-40(56)67)27-18-45(72)77-57-41(68)10-11-42(57)69/h1-30H2,(H,48,59)(H2,49,50,73). The number of nitrogens with one attached hydrogen (secondary N) is 3. The van der Waals surface area contributed by atoms with Crippen LogP contribution in [0.25, 0.3) is 0 Å². The molecule has 4 heterocycles. The van der Waals surface area contributed by atoms with E-state index in [2.05, 4.69) is 47.4 Å². The van der Waals surface area contributed by atoms with Gasteiger partial charge in [-0.2, -0.15) is 5.06 Å². The number of alkyl halides is 2. The molecule has 0 aromatic carbocycles. The van der Waals surface area contributed by atoms with E-state index in [0.29, 0.717) is 30.9 Å². The summed E-state index contributed by atoms with van der Waals surface area (Å²) >= 11 is 6.41. The number of Topliss-reactive ketones (excluding diaryl/α,β-unsaturated/α-hetero) is 1. The van der Waals surface area contributed by atoms with Crippen molar-refractivity contribution in [3.8, 4) is 0 Å². The van der Waals surface area contributed by atoms with E-state index in [-0.39, 0.29) is 134 Å². The lowest BCUT2D eigenvalue weighted by molar-refractivity contribution is -0.198. The average molecular weight is 1250 g/mol. The number of hydroxylamine groups is 8. The normalized spacial score (nSPS) is 16.4. The van der Waals surface area contributed by atoms with Crippen molar-refractivity contribution in [3.63, 3.8) is 0 Å². The van der Waals surface area contributed by atoms with Gasteiger partial charge in [-0.15, -0.1) is 15.2 Å². The van der Waals surface area contributed by atoms with Crippen LogP contribution >= 0.6 is 39.5 Å². The van der Waals surface area contributed by atoms with E-state index in [0.717, 1.165) is 4.90 Å². The lowest BCUT2D eigenvalue weighted by Gasteiger charge is -2.34. The Morgan fingerprint density at radius 2 is 0.833 bits per heavy atom. The molecule has 0 spiro atoms. The summed E-state index contributed by atoms with van der Waals surface area (Å²) in [6.07, 6.45) is -3.47. The Morgan fingerprint density at radius 1 is 0.449 bits per heavy atom. The zero-order valence-corrected chi connectivity index (χ0v) is 46.8. The van der Waals surface area contributed by atoms with E-state index in [4.69, 9.17) is 19.4 Å². The minimum atomic E-state index is -4.19. The minimum Gasteiger partial charge on any atom is -0.355 e. The number of hydrogen-bond acceptors (Lipinski definition) is 20. The number of amides is 11. The topological polar surface area (TPSA) is 369 Å². The third-order valence-corrected chi connectivity index (χ3v) is 15.1. The van der Waals surface area contributed by atoms with Crippen LogP contribution in [-0.2, 0) is 95.8 Å². The summed E-state index contributed by atoms with van der Waals surface area (Å²) in [5, 5.41) is 10.8. The molecule has 0 saturated carbocycles. The van der Waals surface area contributed by atoms with Crippen LogP contribution in [0.2, 0.25) is 0 Å². The largest absolute Gasteiger partial charge is 0.355 e. The first-order valence-electron chi connectivity index (χ1n) is 25.2. The van der Waals surface area contributed by atoms with Gasteiger partial charge in [-0.3, -0.25) is 66.9 Å². The maximum Gasteiger partial charge on any atom is 0.334 e. The Hall–Kier alpha value is -5.92. The fourth-order valence-electron chi connectivity index (χ4n) is 7.67. The van der Waals surface area contributed by atoms with Crippen molar-refractivity contribution < 1.29 is 95.8 Å². The monoisotopic (exact) mass is 1250 g/mol. The van der Waals surface area contributed by atoms with Crippen LogP contribution in [0.5, 0.6) is 0 Å². The van der Waals surface area contributed by atoms with Crippen molar-refractivity contribution in [1.82, 2.24) is 50.2 Å². The highest BCUT2D eigenvalue weighted by molar-refractivity contribution is 9.09. The lowest BCUT2D eigenvalue weighted by atomic mass is 10.2. The lowest BCUT2D eigenvalue weighted by Crippen LogP contribution is -2.44. The van der Waals surface area contributed by atoms with Gasteiger partial charge >= 0.3 is 17.9 Å². The van der Waals surface area contributed by atoms with Gasteiger partial charge in [0, 0.05) is 153 Å². The fraction of sp³-hybridized carbons (Fsp3) is 0.667. The molecular weight excluding hydrogens is 1190 g/mol. The summed E-state index contributed by atoms with van der Waals surface area (Å²) in [6.45, 7) is -2.85. The first kappa shape index (κ1) is 64.6. The van der Waals surface area contributed by atoms with Gasteiger partial charge < -0.3 is 29.6 Å². The molecule has 1 atom stereocenters. The highest BCUT2D eigenvalue weighted by Crippen LogP contribution is 2.41. The minimum absolute atomic E-state index is 0.00156. The fourth-order valence-corrected chi connectivity index (χ4v) is 10.6. The number of halogens is 2. The average Bonchev–Trinajstić information content (AvgIpc) is 4.11. The zero-order chi connectivity index (χ0) is 57.4. The van der Waals surface area contributed by atoms with E-state index in [1.165, 1.54) is 9.57 Å². The predicted molar refractivity (Wildman–Crippen MR) is 269 cm³/mol. The molecule has 4 rings (SSSR count). The molecule has 0 aromatic heterocycles. The van der Waals surface area contributed by atoms with E-state index in [1.54, 1.807) is 0 Å². The molecule has 30 nitrogen and oxygen atoms in total. The predicted octanol–water partition coefficient (Wildman–Crippen LogP) is -0.489. The second kappa shape index (κ2) is 32.9. The van der Waals surface area contributed by atoms with Gasteiger partial charge in [0.05, 0.1) is 25.9 Å². The van der Waals surface area contributed by atoms with Crippen LogP contribution in [0.1, 0.15) is 116 Å². The molecule has 0 aromatic rings. The van der Waals surface area contributed by atoms with Crippen molar-refractivity contribution >= 4 is 128 Å². The molecule has 432 valence electrons. The summed E-state index contributed by atoms with van der Waals surface area (Å²) < 4.78 is 16.5. The molecule has 4 fully saturated rings. The summed E-state index contributed by atoms with van der Waals surface area (Å²) in [4.78, 5) is 211. The van der Waals surface area contributed by atoms with Gasteiger partial charge in [0.2, 0.25) is 17.7 Å². The maximum absolute atomic E-state index is 15.3. The van der Waals surface area contributed by atoms with Crippen molar-refractivity contribution in [2.45, 2.75) is 116 Å².